The van der Waals surface area contributed by atoms with Crippen LogP contribution in [0.2, 0.25) is 0 Å². The van der Waals surface area contributed by atoms with Crippen molar-refractivity contribution in [1.29, 1.82) is 5.26 Å². The average Bonchev–Trinajstić information content (AvgIpc) is 2.93. The third kappa shape index (κ3) is 3.44. The van der Waals surface area contributed by atoms with Crippen LogP contribution >= 0.6 is 0 Å². The summed E-state index contributed by atoms with van der Waals surface area (Å²) in [6.45, 7) is 1.98. The van der Waals surface area contributed by atoms with Gasteiger partial charge in [-0.05, 0) is 43.2 Å². The van der Waals surface area contributed by atoms with Gasteiger partial charge in [0.25, 0.3) is 0 Å². The van der Waals surface area contributed by atoms with E-state index in [0.717, 1.165) is 5.69 Å². The van der Waals surface area contributed by atoms with Gasteiger partial charge in [-0.15, -0.1) is 0 Å². The first kappa shape index (κ1) is 17.6. The number of primary amides is 1. The molecule has 1 fully saturated rings. The Bertz CT molecular complexity index is 842. The molecule has 3 N–H and O–H groups in total. The number of amides is 2. The van der Waals surface area contributed by atoms with Crippen LogP contribution in [0.25, 0.3) is 0 Å². The average molecular weight is 348 g/mol. The highest BCUT2D eigenvalue weighted by molar-refractivity contribution is 6.00. The molecule has 0 saturated carbocycles. The van der Waals surface area contributed by atoms with Crippen molar-refractivity contribution >= 4 is 17.5 Å². The molecule has 3 rings (SSSR count). The van der Waals surface area contributed by atoms with E-state index in [0.29, 0.717) is 17.5 Å². The molecule has 6 heteroatoms. The molecular weight excluding hydrogens is 328 g/mol. The zero-order chi connectivity index (χ0) is 18.7. The second kappa shape index (κ2) is 7.38. The van der Waals surface area contributed by atoms with Crippen LogP contribution in [0.1, 0.15) is 30.5 Å². The molecule has 0 aliphatic carbocycles. The minimum Gasteiger partial charge on any atom is -0.368 e. The van der Waals surface area contributed by atoms with E-state index in [1.165, 1.54) is 0 Å². The third-order valence-corrected chi connectivity index (χ3v) is 4.61. The fraction of sp³-hybridized carbons (Fsp3) is 0.250. The molecule has 1 aliphatic rings. The Labute approximate surface area is 152 Å². The van der Waals surface area contributed by atoms with E-state index in [1.54, 1.807) is 29.2 Å². The van der Waals surface area contributed by atoms with Crippen molar-refractivity contribution in [3.05, 3.63) is 65.7 Å². The molecule has 1 saturated heterocycles. The Morgan fingerprint density at radius 3 is 2.46 bits per heavy atom. The normalized spacial score (nSPS) is 20.6. The molecule has 2 amide bonds. The number of anilines is 1. The van der Waals surface area contributed by atoms with Gasteiger partial charge in [0.2, 0.25) is 11.8 Å². The van der Waals surface area contributed by atoms with E-state index in [4.69, 9.17) is 11.0 Å². The summed E-state index contributed by atoms with van der Waals surface area (Å²) in [4.78, 5) is 26.6. The molecule has 0 radical (unpaired) electrons. The monoisotopic (exact) mass is 348 g/mol. The Balaban J connectivity index is 1.80. The molecule has 132 valence electrons. The number of nitrogens with two attached hydrogens (primary N) is 1. The number of nitrogens with zero attached hydrogens (tertiary/aromatic N) is 2. The highest BCUT2D eigenvalue weighted by Crippen LogP contribution is 2.28. The summed E-state index contributed by atoms with van der Waals surface area (Å²) in [7, 11) is 0. The lowest BCUT2D eigenvalue weighted by Gasteiger charge is -2.22. The van der Waals surface area contributed by atoms with Gasteiger partial charge in [0.1, 0.15) is 6.04 Å². The van der Waals surface area contributed by atoms with Crippen molar-refractivity contribution in [2.75, 3.05) is 4.90 Å². The highest BCUT2D eigenvalue weighted by Gasteiger charge is 2.39. The van der Waals surface area contributed by atoms with Gasteiger partial charge in [-0.25, -0.2) is 0 Å². The number of nitrogens with one attached hydrogen (secondary N) is 1. The first-order valence-corrected chi connectivity index (χ1v) is 8.45. The molecule has 2 aromatic carbocycles. The summed E-state index contributed by atoms with van der Waals surface area (Å²) < 4.78 is 0. The SMILES string of the molecule is CC1CC(NC(C(N)=O)c2ccc(C#N)cc2)C(=O)N1c1ccccc1. The molecule has 3 atom stereocenters. The van der Waals surface area contributed by atoms with Gasteiger partial charge in [0, 0.05) is 11.7 Å². The molecule has 6 nitrogen and oxygen atoms in total. The number of nitriles is 1. The number of hydrogen-bond donors (Lipinski definition) is 2. The lowest BCUT2D eigenvalue weighted by Crippen LogP contribution is -2.44. The highest BCUT2D eigenvalue weighted by atomic mass is 16.2. The molecule has 0 aromatic heterocycles. The zero-order valence-electron chi connectivity index (χ0n) is 14.4. The Hall–Kier alpha value is -3.17. The van der Waals surface area contributed by atoms with Crippen LogP contribution < -0.4 is 16.0 Å². The van der Waals surface area contributed by atoms with E-state index in [2.05, 4.69) is 5.32 Å². The van der Waals surface area contributed by atoms with E-state index in [9.17, 15) is 9.59 Å². The zero-order valence-corrected chi connectivity index (χ0v) is 14.4. The summed E-state index contributed by atoms with van der Waals surface area (Å²) >= 11 is 0. The first-order valence-electron chi connectivity index (χ1n) is 8.45. The Morgan fingerprint density at radius 2 is 1.88 bits per heavy atom. The van der Waals surface area contributed by atoms with Gasteiger partial charge in [-0.2, -0.15) is 5.26 Å². The predicted octanol–water partition coefficient (Wildman–Crippen LogP) is 1.87. The predicted molar refractivity (Wildman–Crippen MR) is 98.0 cm³/mol. The summed E-state index contributed by atoms with van der Waals surface area (Å²) in [5, 5.41) is 12.0. The van der Waals surface area contributed by atoms with Crippen LogP contribution in [0.15, 0.2) is 54.6 Å². The molecule has 0 bridgehead atoms. The number of carbonyl (C=O) groups excluding carboxylic acids is 2. The van der Waals surface area contributed by atoms with Crippen molar-refractivity contribution in [2.24, 2.45) is 5.73 Å². The number of hydrogen-bond acceptors (Lipinski definition) is 4. The molecular formula is C20H20N4O2. The van der Waals surface area contributed by atoms with Gasteiger partial charge in [-0.3, -0.25) is 14.9 Å². The number of carbonyl (C=O) groups is 2. The van der Waals surface area contributed by atoms with Crippen LogP contribution in [0.4, 0.5) is 5.69 Å². The topological polar surface area (TPSA) is 99.2 Å². The summed E-state index contributed by atoms with van der Waals surface area (Å²) in [5.41, 5.74) is 7.52. The smallest absolute Gasteiger partial charge is 0.244 e. The first-order chi connectivity index (χ1) is 12.5. The fourth-order valence-electron chi connectivity index (χ4n) is 3.34. The second-order valence-electron chi connectivity index (χ2n) is 6.42. The van der Waals surface area contributed by atoms with Gasteiger partial charge < -0.3 is 10.6 Å². The lowest BCUT2D eigenvalue weighted by molar-refractivity contribution is -0.121. The molecule has 2 aromatic rings. The van der Waals surface area contributed by atoms with Gasteiger partial charge in [-0.1, -0.05) is 30.3 Å². The summed E-state index contributed by atoms with van der Waals surface area (Å²) in [5.74, 6) is -0.642. The van der Waals surface area contributed by atoms with Crippen LogP contribution in [-0.2, 0) is 9.59 Å². The lowest BCUT2D eigenvalue weighted by atomic mass is 10.0. The summed E-state index contributed by atoms with van der Waals surface area (Å²) in [6, 6.07) is 16.8. The van der Waals surface area contributed by atoms with Crippen LogP contribution in [-0.4, -0.2) is 23.9 Å². The minimum atomic E-state index is -0.792. The largest absolute Gasteiger partial charge is 0.368 e. The maximum absolute atomic E-state index is 12.9. The maximum Gasteiger partial charge on any atom is 0.244 e. The van der Waals surface area contributed by atoms with Crippen LogP contribution in [0, 0.1) is 11.3 Å². The Kier molecular flexibility index (Phi) is 5.01. The maximum atomic E-state index is 12.9. The van der Waals surface area contributed by atoms with E-state index in [1.807, 2.05) is 43.3 Å². The van der Waals surface area contributed by atoms with E-state index in [-0.39, 0.29) is 11.9 Å². The van der Waals surface area contributed by atoms with Crippen LogP contribution in [0.5, 0.6) is 0 Å². The molecule has 1 heterocycles. The Morgan fingerprint density at radius 1 is 1.23 bits per heavy atom. The van der Waals surface area contributed by atoms with Crippen molar-refractivity contribution < 1.29 is 9.59 Å². The molecule has 26 heavy (non-hydrogen) atoms. The van der Waals surface area contributed by atoms with Crippen molar-refractivity contribution in [2.45, 2.75) is 31.5 Å². The fourth-order valence-corrected chi connectivity index (χ4v) is 3.34. The molecule has 0 spiro atoms. The van der Waals surface area contributed by atoms with Gasteiger partial charge >= 0.3 is 0 Å². The summed E-state index contributed by atoms with van der Waals surface area (Å²) in [6.07, 6.45) is 0.577. The van der Waals surface area contributed by atoms with Crippen molar-refractivity contribution in [3.63, 3.8) is 0 Å². The third-order valence-electron chi connectivity index (χ3n) is 4.61. The molecule has 1 aliphatic heterocycles. The van der Waals surface area contributed by atoms with Gasteiger partial charge in [0.05, 0.1) is 17.7 Å². The minimum absolute atomic E-state index is 0.0110. The molecule has 3 unspecified atom stereocenters. The van der Waals surface area contributed by atoms with E-state index >= 15 is 0 Å². The van der Waals surface area contributed by atoms with Crippen LogP contribution in [0.3, 0.4) is 0 Å². The van der Waals surface area contributed by atoms with Gasteiger partial charge in [0.15, 0.2) is 0 Å². The van der Waals surface area contributed by atoms with Crippen molar-refractivity contribution in [3.8, 4) is 6.07 Å². The number of benzene rings is 2. The van der Waals surface area contributed by atoms with E-state index < -0.39 is 18.0 Å². The second-order valence-corrected chi connectivity index (χ2v) is 6.42. The quantitative estimate of drug-likeness (QED) is 0.861. The number of rotatable bonds is 5. The number of para-hydroxylation sites is 1. The van der Waals surface area contributed by atoms with Crippen molar-refractivity contribution in [1.82, 2.24) is 5.32 Å². The standard InChI is InChI=1S/C20H20N4O2/c1-13-11-17(20(26)24(13)16-5-3-2-4-6-16)23-18(19(22)25)15-9-7-14(12-21)8-10-15/h2-10,13,17-18,23H,11H2,1H3,(H2,22,25).